The molecule has 0 spiro atoms. The number of nitrogens with two attached hydrogens (primary N) is 1. The number of nitrogens with one attached hydrogen (secondary N) is 1. The third-order valence-electron chi connectivity index (χ3n) is 3.73. The molecule has 0 aromatic heterocycles. The average molecular weight is 290 g/mol. The van der Waals surface area contributed by atoms with Gasteiger partial charge in [-0.3, -0.25) is 9.59 Å². The van der Waals surface area contributed by atoms with Crippen molar-refractivity contribution >= 4 is 23.2 Å². The van der Waals surface area contributed by atoms with Crippen LogP contribution in [0.25, 0.3) is 0 Å². The Balaban J connectivity index is 2.04. The van der Waals surface area contributed by atoms with Crippen molar-refractivity contribution in [2.45, 2.75) is 18.9 Å². The van der Waals surface area contributed by atoms with Crippen LogP contribution >= 0.6 is 0 Å². The van der Waals surface area contributed by atoms with Gasteiger partial charge in [0.1, 0.15) is 0 Å². The fraction of sp³-hybridized carbons (Fsp3) is 0.467. The number of likely N-dealkylation sites (N-methyl/N-ethyl adjacent to an activating group) is 1. The minimum atomic E-state index is -0.153. The van der Waals surface area contributed by atoms with E-state index in [-0.39, 0.29) is 17.9 Å². The standard InChI is InChI=1S/C15H22N4O2/c1-18(2)13-6-4-10(8-12(13)16)15(21)17-11-5-7-14(20)19(3)9-11/h4,6,8,11H,5,7,9,16H2,1-3H3,(H,17,21). The van der Waals surface area contributed by atoms with Gasteiger partial charge in [-0.2, -0.15) is 0 Å². The van der Waals surface area contributed by atoms with E-state index in [0.29, 0.717) is 30.6 Å². The van der Waals surface area contributed by atoms with Crippen molar-refractivity contribution in [1.82, 2.24) is 10.2 Å². The highest BCUT2D eigenvalue weighted by Gasteiger charge is 2.24. The highest BCUT2D eigenvalue weighted by Crippen LogP contribution is 2.22. The summed E-state index contributed by atoms with van der Waals surface area (Å²) in [6, 6.07) is 5.27. The summed E-state index contributed by atoms with van der Waals surface area (Å²) in [7, 11) is 5.56. The summed E-state index contributed by atoms with van der Waals surface area (Å²) in [6.07, 6.45) is 1.16. The highest BCUT2D eigenvalue weighted by molar-refractivity contribution is 5.96. The molecule has 0 aliphatic carbocycles. The number of carbonyl (C=O) groups is 2. The molecule has 1 unspecified atom stereocenters. The number of piperidine rings is 1. The number of carbonyl (C=O) groups excluding carboxylic acids is 2. The summed E-state index contributed by atoms with van der Waals surface area (Å²) in [5.74, 6) is -0.0279. The van der Waals surface area contributed by atoms with Crippen molar-refractivity contribution < 1.29 is 9.59 Å². The second-order valence-corrected chi connectivity index (χ2v) is 5.65. The number of likely N-dealkylation sites (tertiary alicyclic amines) is 1. The second kappa shape index (κ2) is 6.03. The summed E-state index contributed by atoms with van der Waals surface area (Å²) in [6.45, 7) is 0.551. The van der Waals surface area contributed by atoms with E-state index in [4.69, 9.17) is 5.73 Å². The number of anilines is 2. The topological polar surface area (TPSA) is 78.7 Å². The molecule has 3 N–H and O–H groups in total. The van der Waals surface area contributed by atoms with E-state index >= 15 is 0 Å². The largest absolute Gasteiger partial charge is 0.397 e. The van der Waals surface area contributed by atoms with Gasteiger partial charge in [-0.25, -0.2) is 0 Å². The zero-order valence-corrected chi connectivity index (χ0v) is 12.7. The van der Waals surface area contributed by atoms with Crippen molar-refractivity contribution in [1.29, 1.82) is 0 Å². The molecule has 0 radical (unpaired) electrons. The van der Waals surface area contributed by atoms with Crippen LogP contribution in [-0.2, 0) is 4.79 Å². The van der Waals surface area contributed by atoms with Crippen molar-refractivity contribution in [2.24, 2.45) is 0 Å². The van der Waals surface area contributed by atoms with Crippen LogP contribution in [0.2, 0.25) is 0 Å². The van der Waals surface area contributed by atoms with Crippen molar-refractivity contribution in [2.75, 3.05) is 38.3 Å². The quantitative estimate of drug-likeness (QED) is 0.803. The first kappa shape index (κ1) is 15.2. The van der Waals surface area contributed by atoms with Gasteiger partial charge in [-0.1, -0.05) is 0 Å². The monoisotopic (exact) mass is 290 g/mol. The Bertz CT molecular complexity index is 557. The molecule has 2 amide bonds. The minimum absolute atomic E-state index is 0.00468. The van der Waals surface area contributed by atoms with Gasteiger partial charge in [0, 0.05) is 45.7 Å². The van der Waals surface area contributed by atoms with E-state index in [2.05, 4.69) is 5.32 Å². The molecule has 1 heterocycles. The first-order chi connectivity index (χ1) is 9.88. The lowest BCUT2D eigenvalue weighted by Gasteiger charge is -2.30. The Morgan fingerprint density at radius 2 is 2.14 bits per heavy atom. The van der Waals surface area contributed by atoms with Gasteiger partial charge >= 0.3 is 0 Å². The summed E-state index contributed by atoms with van der Waals surface area (Å²) < 4.78 is 0. The van der Waals surface area contributed by atoms with Gasteiger partial charge in [-0.15, -0.1) is 0 Å². The Morgan fingerprint density at radius 1 is 1.43 bits per heavy atom. The molecule has 21 heavy (non-hydrogen) atoms. The molecule has 6 heteroatoms. The molecule has 2 rings (SSSR count). The zero-order valence-electron chi connectivity index (χ0n) is 12.7. The van der Waals surface area contributed by atoms with Crippen LogP contribution in [0.15, 0.2) is 18.2 Å². The van der Waals surface area contributed by atoms with Gasteiger partial charge < -0.3 is 20.9 Å². The predicted octanol–water partition coefficient (Wildman–Crippen LogP) is 0.685. The summed E-state index contributed by atoms with van der Waals surface area (Å²) >= 11 is 0. The maximum atomic E-state index is 12.3. The molecule has 1 saturated heterocycles. The molecule has 114 valence electrons. The SMILES string of the molecule is CN1CC(NC(=O)c2ccc(N(C)C)c(N)c2)CCC1=O. The van der Waals surface area contributed by atoms with E-state index in [0.717, 1.165) is 5.69 Å². The van der Waals surface area contributed by atoms with Crippen molar-refractivity contribution in [3.8, 4) is 0 Å². The number of hydrogen-bond donors (Lipinski definition) is 2. The molecule has 1 aliphatic rings. The fourth-order valence-electron chi connectivity index (χ4n) is 2.50. The van der Waals surface area contributed by atoms with Gasteiger partial charge in [-0.05, 0) is 24.6 Å². The molecule has 0 bridgehead atoms. The molecule has 1 atom stereocenters. The van der Waals surface area contributed by atoms with Gasteiger partial charge in [0.25, 0.3) is 5.91 Å². The highest BCUT2D eigenvalue weighted by atomic mass is 16.2. The molecular weight excluding hydrogens is 268 g/mol. The van der Waals surface area contributed by atoms with E-state index in [9.17, 15) is 9.59 Å². The maximum Gasteiger partial charge on any atom is 0.251 e. The predicted molar refractivity (Wildman–Crippen MR) is 83.3 cm³/mol. The average Bonchev–Trinajstić information content (AvgIpc) is 2.42. The van der Waals surface area contributed by atoms with Crippen LogP contribution in [0.3, 0.4) is 0 Å². The maximum absolute atomic E-state index is 12.3. The van der Waals surface area contributed by atoms with Crippen LogP contribution in [0, 0.1) is 0 Å². The minimum Gasteiger partial charge on any atom is -0.397 e. The Kier molecular flexibility index (Phi) is 4.35. The molecular formula is C15H22N4O2. The summed E-state index contributed by atoms with van der Waals surface area (Å²) in [5, 5.41) is 2.96. The van der Waals surface area contributed by atoms with E-state index in [1.807, 2.05) is 25.1 Å². The lowest BCUT2D eigenvalue weighted by Crippen LogP contribution is -2.48. The van der Waals surface area contributed by atoms with Crippen LogP contribution < -0.4 is 16.0 Å². The third-order valence-corrected chi connectivity index (χ3v) is 3.73. The van der Waals surface area contributed by atoms with Crippen LogP contribution in [-0.4, -0.2) is 50.4 Å². The Morgan fingerprint density at radius 3 is 2.71 bits per heavy atom. The molecule has 0 saturated carbocycles. The molecule has 1 aromatic carbocycles. The number of nitrogen functional groups attached to an aromatic ring is 1. The first-order valence-electron chi connectivity index (χ1n) is 7.00. The number of benzene rings is 1. The Hall–Kier alpha value is -2.24. The van der Waals surface area contributed by atoms with Gasteiger partial charge in [0.05, 0.1) is 11.4 Å². The van der Waals surface area contributed by atoms with Gasteiger partial charge in [0.2, 0.25) is 5.91 Å². The number of nitrogens with zero attached hydrogens (tertiary/aromatic N) is 2. The van der Waals surface area contributed by atoms with Crippen LogP contribution in [0.4, 0.5) is 11.4 Å². The van der Waals surface area contributed by atoms with Crippen molar-refractivity contribution in [3.05, 3.63) is 23.8 Å². The molecule has 1 fully saturated rings. The van der Waals surface area contributed by atoms with Crippen LogP contribution in [0.5, 0.6) is 0 Å². The van der Waals surface area contributed by atoms with Gasteiger partial charge in [0.15, 0.2) is 0 Å². The fourth-order valence-corrected chi connectivity index (χ4v) is 2.50. The van der Waals surface area contributed by atoms with E-state index < -0.39 is 0 Å². The molecule has 1 aromatic rings. The first-order valence-corrected chi connectivity index (χ1v) is 7.00. The number of amides is 2. The van der Waals surface area contributed by atoms with E-state index in [1.54, 1.807) is 24.1 Å². The summed E-state index contributed by atoms with van der Waals surface area (Å²) in [5.41, 5.74) is 7.96. The van der Waals surface area contributed by atoms with Crippen molar-refractivity contribution in [3.63, 3.8) is 0 Å². The normalized spacial score (nSPS) is 18.5. The lowest BCUT2D eigenvalue weighted by molar-refractivity contribution is -0.132. The smallest absolute Gasteiger partial charge is 0.251 e. The number of hydrogen-bond acceptors (Lipinski definition) is 4. The molecule has 6 nitrogen and oxygen atoms in total. The summed E-state index contributed by atoms with van der Waals surface area (Å²) in [4.78, 5) is 27.2. The third kappa shape index (κ3) is 3.45. The second-order valence-electron chi connectivity index (χ2n) is 5.65. The molecule has 1 aliphatic heterocycles. The Labute approximate surface area is 124 Å². The lowest BCUT2D eigenvalue weighted by atomic mass is 10.0. The van der Waals surface area contributed by atoms with Crippen LogP contribution in [0.1, 0.15) is 23.2 Å². The zero-order chi connectivity index (χ0) is 15.6. The number of rotatable bonds is 3. The van der Waals surface area contributed by atoms with E-state index in [1.165, 1.54) is 0 Å².